The van der Waals surface area contributed by atoms with Crippen molar-refractivity contribution in [3.05, 3.63) is 53.5 Å². The fourth-order valence-corrected chi connectivity index (χ4v) is 3.40. The molecule has 8 nitrogen and oxygen atoms in total. The van der Waals surface area contributed by atoms with E-state index in [1.54, 1.807) is 0 Å². The number of aliphatic hydroxyl groups excluding tert-OH is 1. The molecule has 0 aliphatic rings. The second-order valence-electron chi connectivity index (χ2n) is 6.71. The van der Waals surface area contributed by atoms with Crippen LogP contribution >= 0.6 is 0 Å². The quantitative estimate of drug-likeness (QED) is 0.393. The van der Waals surface area contributed by atoms with E-state index < -0.39 is 21.9 Å². The number of ether oxygens (including phenoxy) is 1. The molecule has 29 heavy (non-hydrogen) atoms. The maximum Gasteiger partial charge on any atom is 0.229 e. The summed E-state index contributed by atoms with van der Waals surface area (Å²) in [5.74, 6) is -0.0156. The van der Waals surface area contributed by atoms with Gasteiger partial charge in [-0.3, -0.25) is 9.82 Å². The van der Waals surface area contributed by atoms with E-state index in [0.717, 1.165) is 28.9 Å². The lowest BCUT2D eigenvalue weighted by atomic mass is 10.1. The van der Waals surface area contributed by atoms with Crippen molar-refractivity contribution in [3.8, 4) is 5.75 Å². The van der Waals surface area contributed by atoms with Crippen molar-refractivity contribution >= 4 is 26.6 Å². The highest BCUT2D eigenvalue weighted by molar-refractivity contribution is 7.92. The van der Waals surface area contributed by atoms with Crippen LogP contribution in [0.1, 0.15) is 17.4 Å². The maximum atomic E-state index is 13.7. The molecular formula is C19H23FN4O4S. The van der Waals surface area contributed by atoms with Crippen LogP contribution in [0.3, 0.4) is 0 Å². The van der Waals surface area contributed by atoms with Gasteiger partial charge < -0.3 is 15.2 Å². The Morgan fingerprint density at radius 1 is 1.28 bits per heavy atom. The van der Waals surface area contributed by atoms with Crippen LogP contribution < -0.4 is 14.8 Å². The number of aryl methyl sites for hydroxylation is 1. The van der Waals surface area contributed by atoms with E-state index in [2.05, 4.69) is 20.2 Å². The van der Waals surface area contributed by atoms with Gasteiger partial charge in [0.1, 0.15) is 18.2 Å². The van der Waals surface area contributed by atoms with Gasteiger partial charge in [0.15, 0.2) is 0 Å². The minimum absolute atomic E-state index is 0.198. The number of fused-ring (bicyclic) bond motifs is 1. The predicted octanol–water partition coefficient (Wildman–Crippen LogP) is 2.08. The SMILES string of the molecule is Cc1[nH]nc2cc(OCCNCC(O)c3ccc(F)c(NS(C)(=O)=O)c3)ccc12. The lowest BCUT2D eigenvalue weighted by Gasteiger charge is -2.14. The van der Waals surface area contributed by atoms with Crippen molar-refractivity contribution < 1.29 is 22.7 Å². The Bertz CT molecular complexity index is 1100. The van der Waals surface area contributed by atoms with E-state index in [9.17, 15) is 17.9 Å². The van der Waals surface area contributed by atoms with Gasteiger partial charge >= 0.3 is 0 Å². The number of H-pyrrole nitrogens is 1. The van der Waals surface area contributed by atoms with Gasteiger partial charge in [0.25, 0.3) is 0 Å². The number of anilines is 1. The highest BCUT2D eigenvalue weighted by Crippen LogP contribution is 2.22. The van der Waals surface area contributed by atoms with E-state index >= 15 is 0 Å². The molecule has 0 saturated carbocycles. The first-order valence-corrected chi connectivity index (χ1v) is 10.9. The van der Waals surface area contributed by atoms with Crippen LogP contribution in [-0.2, 0) is 10.0 Å². The summed E-state index contributed by atoms with van der Waals surface area (Å²) < 4.78 is 44.1. The van der Waals surface area contributed by atoms with Crippen LogP contribution in [-0.4, -0.2) is 49.7 Å². The molecule has 156 valence electrons. The summed E-state index contributed by atoms with van der Waals surface area (Å²) in [7, 11) is -3.62. The number of benzene rings is 2. The third-order valence-electron chi connectivity index (χ3n) is 4.27. The van der Waals surface area contributed by atoms with Crippen molar-refractivity contribution in [2.75, 3.05) is 30.7 Å². The Kier molecular flexibility index (Phi) is 6.36. The van der Waals surface area contributed by atoms with Crippen molar-refractivity contribution in [2.24, 2.45) is 0 Å². The van der Waals surface area contributed by atoms with Crippen LogP contribution in [0, 0.1) is 12.7 Å². The van der Waals surface area contributed by atoms with Crippen molar-refractivity contribution in [2.45, 2.75) is 13.0 Å². The summed E-state index contributed by atoms with van der Waals surface area (Å²) in [6, 6.07) is 9.46. The van der Waals surface area contributed by atoms with Crippen LogP contribution in [0.25, 0.3) is 10.9 Å². The van der Waals surface area contributed by atoms with Crippen molar-refractivity contribution in [3.63, 3.8) is 0 Å². The number of hydrogen-bond acceptors (Lipinski definition) is 6. The van der Waals surface area contributed by atoms with Gasteiger partial charge in [-0.2, -0.15) is 5.10 Å². The van der Waals surface area contributed by atoms with Gasteiger partial charge in [0, 0.05) is 30.2 Å². The van der Waals surface area contributed by atoms with E-state index in [1.165, 1.54) is 12.1 Å². The topological polar surface area (TPSA) is 116 Å². The average molecular weight is 422 g/mol. The van der Waals surface area contributed by atoms with Crippen LogP contribution in [0.4, 0.5) is 10.1 Å². The number of sulfonamides is 1. The number of nitrogens with zero attached hydrogens (tertiary/aromatic N) is 1. The molecule has 2 aromatic carbocycles. The molecule has 0 fully saturated rings. The first-order chi connectivity index (χ1) is 13.7. The number of aromatic amines is 1. The Balaban J connectivity index is 1.48. The van der Waals surface area contributed by atoms with Crippen molar-refractivity contribution in [1.29, 1.82) is 0 Å². The molecule has 1 unspecified atom stereocenters. The first-order valence-electron chi connectivity index (χ1n) is 8.96. The zero-order valence-corrected chi connectivity index (χ0v) is 16.9. The molecule has 0 aliphatic carbocycles. The summed E-state index contributed by atoms with van der Waals surface area (Å²) in [6.45, 7) is 3.01. The second kappa shape index (κ2) is 8.76. The molecule has 3 aromatic rings. The van der Waals surface area contributed by atoms with E-state index in [1.807, 2.05) is 25.1 Å². The average Bonchev–Trinajstić information content (AvgIpc) is 3.02. The Morgan fingerprint density at radius 3 is 2.83 bits per heavy atom. The summed E-state index contributed by atoms with van der Waals surface area (Å²) >= 11 is 0. The monoisotopic (exact) mass is 422 g/mol. The standard InChI is InChI=1S/C19H23FN4O4S/c1-12-15-5-4-14(10-17(15)23-22-12)28-8-7-21-11-19(25)13-3-6-16(20)18(9-13)24-29(2,26)27/h3-6,9-10,19,21,24-25H,7-8,11H2,1-2H3,(H,22,23). The molecule has 0 bridgehead atoms. The van der Waals surface area contributed by atoms with Crippen LogP contribution in [0.15, 0.2) is 36.4 Å². The zero-order chi connectivity index (χ0) is 21.0. The van der Waals surface area contributed by atoms with Gasteiger partial charge in [-0.1, -0.05) is 6.07 Å². The number of hydrogen-bond donors (Lipinski definition) is 4. The summed E-state index contributed by atoms with van der Waals surface area (Å²) in [5, 5.41) is 21.5. The van der Waals surface area contributed by atoms with Gasteiger partial charge in [0.2, 0.25) is 10.0 Å². The molecule has 4 N–H and O–H groups in total. The lowest BCUT2D eigenvalue weighted by molar-refractivity contribution is 0.172. The van der Waals surface area contributed by atoms with Gasteiger partial charge in [-0.05, 0) is 36.8 Å². The number of nitrogens with one attached hydrogen (secondary N) is 3. The normalized spacial score (nSPS) is 12.8. The fourth-order valence-electron chi connectivity index (χ4n) is 2.84. The first kappa shape index (κ1) is 21.0. The van der Waals surface area contributed by atoms with E-state index in [4.69, 9.17) is 4.74 Å². The number of aliphatic hydroxyl groups is 1. The smallest absolute Gasteiger partial charge is 0.229 e. The molecule has 1 heterocycles. The molecule has 3 rings (SSSR count). The van der Waals surface area contributed by atoms with Crippen LogP contribution in [0.2, 0.25) is 0 Å². The van der Waals surface area contributed by atoms with E-state index in [-0.39, 0.29) is 12.2 Å². The maximum absolute atomic E-state index is 13.7. The fraction of sp³-hybridized carbons (Fsp3) is 0.316. The second-order valence-corrected chi connectivity index (χ2v) is 8.46. The number of rotatable bonds is 9. The molecule has 0 radical (unpaired) electrons. The Hall–Kier alpha value is -2.69. The largest absolute Gasteiger partial charge is 0.492 e. The van der Waals surface area contributed by atoms with Crippen molar-refractivity contribution in [1.82, 2.24) is 15.5 Å². The Morgan fingerprint density at radius 2 is 2.07 bits per heavy atom. The van der Waals surface area contributed by atoms with Crippen LogP contribution in [0.5, 0.6) is 5.75 Å². The molecular weight excluding hydrogens is 399 g/mol. The Labute approximate surface area is 168 Å². The zero-order valence-electron chi connectivity index (χ0n) is 16.1. The molecule has 0 aliphatic heterocycles. The van der Waals surface area contributed by atoms with Gasteiger partial charge in [-0.15, -0.1) is 0 Å². The van der Waals surface area contributed by atoms with Gasteiger partial charge in [0.05, 0.1) is 23.6 Å². The highest BCUT2D eigenvalue weighted by Gasteiger charge is 2.13. The molecule has 1 atom stereocenters. The highest BCUT2D eigenvalue weighted by atomic mass is 32.2. The summed E-state index contributed by atoms with van der Waals surface area (Å²) in [6.07, 6.45) is 0.00126. The third kappa shape index (κ3) is 5.66. The molecule has 0 spiro atoms. The van der Waals surface area contributed by atoms with Gasteiger partial charge in [-0.25, -0.2) is 12.8 Å². The molecule has 0 saturated heterocycles. The minimum Gasteiger partial charge on any atom is -0.492 e. The third-order valence-corrected chi connectivity index (χ3v) is 4.86. The number of halogens is 1. The lowest BCUT2D eigenvalue weighted by Crippen LogP contribution is -2.26. The molecule has 1 aromatic heterocycles. The summed E-state index contributed by atoms with van der Waals surface area (Å²) in [4.78, 5) is 0. The molecule has 0 amide bonds. The number of aromatic nitrogens is 2. The predicted molar refractivity (Wildman–Crippen MR) is 109 cm³/mol. The molecule has 10 heteroatoms. The summed E-state index contributed by atoms with van der Waals surface area (Å²) in [5.41, 5.74) is 2.03. The van der Waals surface area contributed by atoms with E-state index in [0.29, 0.717) is 24.5 Å². The minimum atomic E-state index is -3.62.